The van der Waals surface area contributed by atoms with Crippen molar-refractivity contribution < 1.29 is 9.13 Å². The van der Waals surface area contributed by atoms with Gasteiger partial charge in [0.1, 0.15) is 0 Å². The van der Waals surface area contributed by atoms with E-state index in [2.05, 4.69) is 9.97 Å². The minimum absolute atomic E-state index is 0.0698. The monoisotopic (exact) mass is 261 g/mol. The summed E-state index contributed by atoms with van der Waals surface area (Å²) in [7, 11) is 1.43. The van der Waals surface area contributed by atoms with Crippen LogP contribution in [-0.2, 0) is 6.42 Å². The molecule has 0 radical (unpaired) electrons. The molecule has 0 aliphatic heterocycles. The van der Waals surface area contributed by atoms with Gasteiger partial charge in [-0.2, -0.15) is 0 Å². The lowest BCUT2D eigenvalue weighted by atomic mass is 10.1. The topological polar surface area (TPSA) is 61.0 Å². The number of hydrogen-bond acceptors (Lipinski definition) is 4. The first-order valence-corrected chi connectivity index (χ1v) is 6.00. The Kier molecular flexibility index (Phi) is 4.06. The lowest BCUT2D eigenvalue weighted by molar-refractivity contribution is 0.387. The fraction of sp³-hybridized carbons (Fsp3) is 0.286. The maximum absolute atomic E-state index is 13.3. The standard InChI is InChI=1S/C14H16FN3O/c1-9(16)5-10-7-17-14(18-8-10)11-3-4-12(15)13(6-11)19-2/h3-4,6-9H,5,16H2,1-2H3. The van der Waals surface area contributed by atoms with Crippen LogP contribution in [0.25, 0.3) is 11.4 Å². The fourth-order valence-corrected chi connectivity index (χ4v) is 1.78. The van der Waals surface area contributed by atoms with Crippen molar-refractivity contribution in [2.45, 2.75) is 19.4 Å². The van der Waals surface area contributed by atoms with Crippen molar-refractivity contribution in [3.05, 3.63) is 42.0 Å². The molecule has 19 heavy (non-hydrogen) atoms. The first-order valence-electron chi connectivity index (χ1n) is 6.00. The third-order valence-corrected chi connectivity index (χ3v) is 2.67. The van der Waals surface area contributed by atoms with E-state index in [9.17, 15) is 4.39 Å². The Morgan fingerprint density at radius 3 is 2.58 bits per heavy atom. The van der Waals surface area contributed by atoms with Gasteiger partial charge in [0.05, 0.1) is 7.11 Å². The quantitative estimate of drug-likeness (QED) is 0.916. The second-order valence-corrected chi connectivity index (χ2v) is 4.45. The number of aromatic nitrogens is 2. The van der Waals surface area contributed by atoms with Crippen molar-refractivity contribution in [3.63, 3.8) is 0 Å². The Bertz CT molecular complexity index is 555. The van der Waals surface area contributed by atoms with E-state index < -0.39 is 5.82 Å². The van der Waals surface area contributed by atoms with Gasteiger partial charge in [-0.25, -0.2) is 14.4 Å². The highest BCUT2D eigenvalue weighted by Gasteiger charge is 2.07. The van der Waals surface area contributed by atoms with Crippen LogP contribution in [-0.4, -0.2) is 23.1 Å². The van der Waals surface area contributed by atoms with Crippen molar-refractivity contribution in [1.29, 1.82) is 0 Å². The highest BCUT2D eigenvalue weighted by atomic mass is 19.1. The minimum Gasteiger partial charge on any atom is -0.494 e. The Morgan fingerprint density at radius 1 is 1.32 bits per heavy atom. The van der Waals surface area contributed by atoms with Gasteiger partial charge in [0.25, 0.3) is 0 Å². The molecule has 0 saturated heterocycles. The molecule has 0 aliphatic carbocycles. The maximum atomic E-state index is 13.3. The summed E-state index contributed by atoms with van der Waals surface area (Å²) in [5.74, 6) is 0.312. The van der Waals surface area contributed by atoms with E-state index >= 15 is 0 Å². The molecule has 2 rings (SSSR count). The number of nitrogens with two attached hydrogens (primary N) is 1. The van der Waals surface area contributed by atoms with Crippen molar-refractivity contribution in [2.24, 2.45) is 5.73 Å². The number of hydrogen-bond donors (Lipinski definition) is 1. The predicted molar refractivity (Wildman–Crippen MR) is 71.3 cm³/mol. The molecule has 4 nitrogen and oxygen atoms in total. The molecule has 0 bridgehead atoms. The van der Waals surface area contributed by atoms with Gasteiger partial charge in [-0.05, 0) is 37.1 Å². The zero-order valence-corrected chi connectivity index (χ0v) is 10.9. The summed E-state index contributed by atoms with van der Waals surface area (Å²) >= 11 is 0. The van der Waals surface area contributed by atoms with Gasteiger partial charge < -0.3 is 10.5 Å². The first kappa shape index (κ1) is 13.4. The maximum Gasteiger partial charge on any atom is 0.165 e. The summed E-state index contributed by atoms with van der Waals surface area (Å²) < 4.78 is 18.2. The van der Waals surface area contributed by atoms with Crippen LogP contribution >= 0.6 is 0 Å². The molecule has 2 N–H and O–H groups in total. The zero-order valence-electron chi connectivity index (χ0n) is 10.9. The van der Waals surface area contributed by atoms with Crippen LogP contribution in [0.3, 0.4) is 0 Å². The summed E-state index contributed by atoms with van der Waals surface area (Å²) in [6.07, 6.45) is 4.20. The molecule has 0 aliphatic rings. The van der Waals surface area contributed by atoms with Gasteiger partial charge >= 0.3 is 0 Å². The van der Waals surface area contributed by atoms with Gasteiger partial charge in [-0.3, -0.25) is 0 Å². The smallest absolute Gasteiger partial charge is 0.165 e. The Balaban J connectivity index is 2.27. The van der Waals surface area contributed by atoms with E-state index in [0.717, 1.165) is 12.0 Å². The van der Waals surface area contributed by atoms with E-state index in [1.807, 2.05) is 6.92 Å². The van der Waals surface area contributed by atoms with Crippen molar-refractivity contribution in [3.8, 4) is 17.1 Å². The van der Waals surface area contributed by atoms with Gasteiger partial charge in [-0.15, -0.1) is 0 Å². The predicted octanol–water partition coefficient (Wildman–Crippen LogP) is 2.18. The average Bonchev–Trinajstić information content (AvgIpc) is 2.40. The van der Waals surface area contributed by atoms with E-state index in [4.69, 9.17) is 10.5 Å². The Labute approximate surface area is 111 Å². The second-order valence-electron chi connectivity index (χ2n) is 4.45. The van der Waals surface area contributed by atoms with Crippen molar-refractivity contribution >= 4 is 0 Å². The minimum atomic E-state index is -0.403. The van der Waals surface area contributed by atoms with E-state index in [0.29, 0.717) is 11.4 Å². The Hall–Kier alpha value is -2.01. The zero-order chi connectivity index (χ0) is 13.8. The number of rotatable bonds is 4. The summed E-state index contributed by atoms with van der Waals surface area (Å²) in [5, 5.41) is 0. The number of ether oxygens (including phenoxy) is 1. The average molecular weight is 261 g/mol. The number of methoxy groups -OCH3 is 1. The number of benzene rings is 1. The molecule has 0 amide bonds. The molecule has 1 heterocycles. The third kappa shape index (κ3) is 3.26. The van der Waals surface area contributed by atoms with E-state index in [-0.39, 0.29) is 11.8 Å². The molecular formula is C14H16FN3O. The van der Waals surface area contributed by atoms with Crippen LogP contribution in [0.2, 0.25) is 0 Å². The first-order chi connectivity index (χ1) is 9.10. The summed E-state index contributed by atoms with van der Waals surface area (Å²) in [5.41, 5.74) is 7.41. The molecule has 1 atom stereocenters. The summed E-state index contributed by atoms with van der Waals surface area (Å²) in [6, 6.07) is 4.61. The Morgan fingerprint density at radius 2 is 2.00 bits per heavy atom. The molecule has 100 valence electrons. The van der Waals surface area contributed by atoms with Gasteiger partial charge in [0.2, 0.25) is 0 Å². The van der Waals surface area contributed by atoms with Crippen LogP contribution in [0.15, 0.2) is 30.6 Å². The molecule has 0 saturated carbocycles. The number of halogens is 1. The summed E-state index contributed by atoms with van der Waals surface area (Å²) in [4.78, 5) is 8.52. The SMILES string of the molecule is COc1cc(-c2ncc(CC(C)N)cn2)ccc1F. The molecule has 1 unspecified atom stereocenters. The molecule has 1 aromatic carbocycles. The normalized spacial score (nSPS) is 12.2. The van der Waals surface area contributed by atoms with Gasteiger partial charge in [-0.1, -0.05) is 0 Å². The van der Waals surface area contributed by atoms with Crippen LogP contribution in [0.1, 0.15) is 12.5 Å². The van der Waals surface area contributed by atoms with Gasteiger partial charge in [0, 0.05) is 24.0 Å². The largest absolute Gasteiger partial charge is 0.494 e. The van der Waals surface area contributed by atoms with Crippen LogP contribution in [0.4, 0.5) is 4.39 Å². The van der Waals surface area contributed by atoms with Crippen LogP contribution in [0, 0.1) is 5.82 Å². The molecular weight excluding hydrogens is 245 g/mol. The molecule has 5 heteroatoms. The summed E-state index contributed by atoms with van der Waals surface area (Å²) in [6.45, 7) is 1.93. The highest BCUT2D eigenvalue weighted by molar-refractivity contribution is 5.57. The fourth-order valence-electron chi connectivity index (χ4n) is 1.78. The number of nitrogens with zero attached hydrogens (tertiary/aromatic N) is 2. The second kappa shape index (κ2) is 5.75. The van der Waals surface area contributed by atoms with Gasteiger partial charge in [0.15, 0.2) is 17.4 Å². The van der Waals surface area contributed by atoms with E-state index in [1.54, 1.807) is 24.5 Å². The van der Waals surface area contributed by atoms with E-state index in [1.165, 1.54) is 13.2 Å². The molecule has 0 fully saturated rings. The van der Waals surface area contributed by atoms with Crippen LogP contribution in [0.5, 0.6) is 5.75 Å². The molecule has 0 spiro atoms. The van der Waals surface area contributed by atoms with Crippen molar-refractivity contribution in [1.82, 2.24) is 9.97 Å². The van der Waals surface area contributed by atoms with Crippen molar-refractivity contribution in [2.75, 3.05) is 7.11 Å². The lowest BCUT2D eigenvalue weighted by Crippen LogP contribution is -2.18. The highest BCUT2D eigenvalue weighted by Crippen LogP contribution is 2.23. The third-order valence-electron chi connectivity index (χ3n) is 2.67. The molecule has 2 aromatic rings. The lowest BCUT2D eigenvalue weighted by Gasteiger charge is -2.07. The van der Waals surface area contributed by atoms with Crippen LogP contribution < -0.4 is 10.5 Å². The molecule has 1 aromatic heterocycles.